The topological polar surface area (TPSA) is 37.3 Å². The lowest BCUT2D eigenvalue weighted by Gasteiger charge is -2.60. The lowest BCUT2D eigenvalue weighted by atomic mass is 9.44. The van der Waals surface area contributed by atoms with Gasteiger partial charge in [-0.3, -0.25) is 4.79 Å². The highest BCUT2D eigenvalue weighted by molar-refractivity contribution is 5.92. The first-order chi connectivity index (χ1) is 10.9. The third kappa shape index (κ3) is 1.72. The number of fused-ring (bicyclic) bond motifs is 6. The smallest absolute Gasteiger partial charge is 0.155 e. The number of ketones is 1. The summed E-state index contributed by atoms with van der Waals surface area (Å²) in [7, 11) is 0. The first kappa shape index (κ1) is 14.7. The van der Waals surface area contributed by atoms with Gasteiger partial charge < -0.3 is 5.11 Å². The summed E-state index contributed by atoms with van der Waals surface area (Å²) in [5, 5.41) is 10.6. The molecule has 4 fully saturated rings. The zero-order chi connectivity index (χ0) is 16.0. The SMILES string of the molecule is C[C@]12CC[C@H]3[C@@H](CC4(CC4)C4=CC(=O)CC[C@@]43C)[C@@H]1CC[C@@H]2O. The molecule has 126 valence electrons. The van der Waals surface area contributed by atoms with Gasteiger partial charge in [-0.25, -0.2) is 0 Å². The molecule has 0 unspecified atom stereocenters. The number of carbonyl (C=O) groups excluding carboxylic acids is 1. The Morgan fingerprint density at radius 3 is 2.57 bits per heavy atom. The lowest BCUT2D eigenvalue weighted by Crippen LogP contribution is -2.53. The summed E-state index contributed by atoms with van der Waals surface area (Å²) in [6.45, 7) is 4.85. The average Bonchev–Trinajstić information content (AvgIpc) is 3.21. The highest BCUT2D eigenvalue weighted by Crippen LogP contribution is 2.74. The molecule has 0 bridgehead atoms. The fourth-order valence-electron chi connectivity index (χ4n) is 7.58. The fourth-order valence-corrected chi connectivity index (χ4v) is 7.58. The van der Waals surface area contributed by atoms with Crippen molar-refractivity contribution in [2.24, 2.45) is 34.0 Å². The first-order valence-corrected chi connectivity index (χ1v) is 9.83. The normalized spacial score (nSPS) is 53.3. The summed E-state index contributed by atoms with van der Waals surface area (Å²) in [6, 6.07) is 0. The van der Waals surface area contributed by atoms with Crippen molar-refractivity contribution in [3.05, 3.63) is 11.6 Å². The standard InChI is InChI=1S/C21H30O2/c1-19-7-5-13(22)11-17(19)21(9-10-21)12-14-15-3-4-18(23)20(15,2)8-6-16(14)19/h11,14-16,18,23H,3-10,12H2,1-2H3/t14-,15-,16-,18-,19+,20-/m0/s1. The number of hydrogen-bond donors (Lipinski definition) is 1. The third-order valence-electron chi connectivity index (χ3n) is 9.07. The zero-order valence-electron chi connectivity index (χ0n) is 14.6. The number of allylic oxidation sites excluding steroid dienone is 1. The van der Waals surface area contributed by atoms with Crippen LogP contribution in [-0.4, -0.2) is 17.0 Å². The Labute approximate surface area is 139 Å². The summed E-state index contributed by atoms with van der Waals surface area (Å²) in [5.74, 6) is 2.61. The predicted molar refractivity (Wildman–Crippen MR) is 89.8 cm³/mol. The van der Waals surface area contributed by atoms with Gasteiger partial charge in [-0.05, 0) is 91.4 Å². The van der Waals surface area contributed by atoms with Crippen LogP contribution in [0.2, 0.25) is 0 Å². The molecule has 0 saturated heterocycles. The van der Waals surface area contributed by atoms with Crippen molar-refractivity contribution < 1.29 is 9.90 Å². The van der Waals surface area contributed by atoms with E-state index in [1.807, 2.05) is 0 Å². The molecule has 0 amide bonds. The van der Waals surface area contributed by atoms with Gasteiger partial charge in [0.1, 0.15) is 0 Å². The number of aliphatic hydroxyl groups excluding tert-OH is 1. The highest BCUT2D eigenvalue weighted by atomic mass is 16.3. The van der Waals surface area contributed by atoms with E-state index >= 15 is 0 Å². The number of carbonyl (C=O) groups is 1. The van der Waals surface area contributed by atoms with Crippen LogP contribution in [-0.2, 0) is 4.79 Å². The minimum Gasteiger partial charge on any atom is -0.393 e. The molecule has 5 aliphatic carbocycles. The van der Waals surface area contributed by atoms with Crippen LogP contribution in [0.1, 0.15) is 71.6 Å². The second kappa shape index (κ2) is 4.31. The van der Waals surface area contributed by atoms with Crippen LogP contribution >= 0.6 is 0 Å². The maximum Gasteiger partial charge on any atom is 0.155 e. The minimum atomic E-state index is -0.0821. The van der Waals surface area contributed by atoms with Crippen LogP contribution < -0.4 is 0 Å². The van der Waals surface area contributed by atoms with Gasteiger partial charge in [0.25, 0.3) is 0 Å². The average molecular weight is 314 g/mol. The molecule has 0 heterocycles. The Kier molecular flexibility index (Phi) is 2.75. The quantitative estimate of drug-likeness (QED) is 0.725. The molecule has 0 radical (unpaired) electrons. The van der Waals surface area contributed by atoms with Crippen LogP contribution in [0.15, 0.2) is 11.6 Å². The Balaban J connectivity index is 1.59. The Morgan fingerprint density at radius 2 is 1.83 bits per heavy atom. The molecule has 1 spiro atoms. The fraction of sp³-hybridized carbons (Fsp3) is 0.857. The summed E-state index contributed by atoms with van der Waals surface area (Å²) in [6.07, 6.45) is 12.4. The molecule has 23 heavy (non-hydrogen) atoms. The molecule has 0 aromatic rings. The van der Waals surface area contributed by atoms with E-state index in [4.69, 9.17) is 0 Å². The van der Waals surface area contributed by atoms with Crippen LogP contribution in [0.5, 0.6) is 0 Å². The molecule has 2 nitrogen and oxygen atoms in total. The summed E-state index contributed by atoms with van der Waals surface area (Å²) in [4.78, 5) is 12.1. The second-order valence-electron chi connectivity index (χ2n) is 9.94. The molecule has 0 aromatic carbocycles. The van der Waals surface area contributed by atoms with E-state index < -0.39 is 0 Å². The van der Waals surface area contributed by atoms with Gasteiger partial charge in [0, 0.05) is 6.42 Å². The maximum absolute atomic E-state index is 12.1. The van der Waals surface area contributed by atoms with Gasteiger partial charge in [-0.2, -0.15) is 0 Å². The molecular formula is C21H30O2. The van der Waals surface area contributed by atoms with Crippen LogP contribution in [0.3, 0.4) is 0 Å². The monoisotopic (exact) mass is 314 g/mol. The van der Waals surface area contributed by atoms with Crippen molar-refractivity contribution in [2.45, 2.75) is 77.7 Å². The van der Waals surface area contributed by atoms with E-state index in [-0.39, 0.29) is 16.9 Å². The lowest BCUT2D eigenvalue weighted by molar-refractivity contribution is -0.119. The van der Waals surface area contributed by atoms with Crippen molar-refractivity contribution in [1.82, 2.24) is 0 Å². The van der Waals surface area contributed by atoms with E-state index in [0.717, 1.165) is 31.1 Å². The van der Waals surface area contributed by atoms with Gasteiger partial charge >= 0.3 is 0 Å². The highest BCUT2D eigenvalue weighted by Gasteiger charge is 2.66. The molecule has 2 heteroatoms. The van der Waals surface area contributed by atoms with E-state index in [9.17, 15) is 9.90 Å². The molecule has 0 aromatic heterocycles. The molecule has 6 atom stereocenters. The number of hydrogen-bond acceptors (Lipinski definition) is 2. The predicted octanol–water partition coefficient (Wildman–Crippen LogP) is 4.27. The van der Waals surface area contributed by atoms with Gasteiger partial charge in [-0.1, -0.05) is 19.4 Å². The van der Waals surface area contributed by atoms with Crippen molar-refractivity contribution in [2.75, 3.05) is 0 Å². The molecule has 5 aliphatic rings. The van der Waals surface area contributed by atoms with Crippen molar-refractivity contribution in [1.29, 1.82) is 0 Å². The van der Waals surface area contributed by atoms with Crippen molar-refractivity contribution >= 4 is 5.78 Å². The Morgan fingerprint density at radius 1 is 1.04 bits per heavy atom. The van der Waals surface area contributed by atoms with Crippen LogP contribution in [0.4, 0.5) is 0 Å². The van der Waals surface area contributed by atoms with Gasteiger partial charge in [0.2, 0.25) is 0 Å². The maximum atomic E-state index is 12.1. The van der Waals surface area contributed by atoms with E-state index in [1.54, 1.807) is 5.57 Å². The van der Waals surface area contributed by atoms with E-state index in [1.165, 1.54) is 38.5 Å². The zero-order valence-corrected chi connectivity index (χ0v) is 14.6. The molecule has 1 N–H and O–H groups in total. The van der Waals surface area contributed by atoms with Gasteiger partial charge in [0.15, 0.2) is 5.78 Å². The Hall–Kier alpha value is -0.630. The molecular weight excluding hydrogens is 284 g/mol. The summed E-state index contributed by atoms with van der Waals surface area (Å²) in [5.41, 5.74) is 2.35. The number of rotatable bonds is 0. The van der Waals surface area contributed by atoms with Crippen LogP contribution in [0, 0.1) is 34.0 Å². The molecule has 5 rings (SSSR count). The van der Waals surface area contributed by atoms with Crippen molar-refractivity contribution in [3.8, 4) is 0 Å². The van der Waals surface area contributed by atoms with E-state index in [2.05, 4.69) is 19.9 Å². The largest absolute Gasteiger partial charge is 0.393 e. The minimum absolute atomic E-state index is 0.0821. The third-order valence-corrected chi connectivity index (χ3v) is 9.07. The summed E-state index contributed by atoms with van der Waals surface area (Å²) < 4.78 is 0. The van der Waals surface area contributed by atoms with Crippen molar-refractivity contribution in [3.63, 3.8) is 0 Å². The van der Waals surface area contributed by atoms with Gasteiger partial charge in [0.05, 0.1) is 6.10 Å². The Bertz CT molecular complexity index is 601. The molecule has 4 saturated carbocycles. The van der Waals surface area contributed by atoms with Gasteiger partial charge in [-0.15, -0.1) is 0 Å². The van der Waals surface area contributed by atoms with Crippen LogP contribution in [0.25, 0.3) is 0 Å². The summed E-state index contributed by atoms with van der Waals surface area (Å²) >= 11 is 0. The second-order valence-corrected chi connectivity index (χ2v) is 9.94. The first-order valence-electron chi connectivity index (χ1n) is 9.83. The number of aliphatic hydroxyl groups is 1. The van der Waals surface area contributed by atoms with E-state index in [0.29, 0.717) is 17.1 Å². The molecule has 0 aliphatic heterocycles.